The summed E-state index contributed by atoms with van der Waals surface area (Å²) in [6.45, 7) is 0. The Labute approximate surface area is 110 Å². The van der Waals surface area contributed by atoms with Crippen molar-refractivity contribution in [2.75, 3.05) is 0 Å². The molecule has 0 saturated heterocycles. The number of nitrogens with one attached hydrogen (secondary N) is 1. The molecule has 0 amide bonds. The molecule has 2 rings (SSSR count). The van der Waals surface area contributed by atoms with E-state index in [2.05, 4.69) is 10.2 Å². The maximum absolute atomic E-state index is 12.5. The summed E-state index contributed by atoms with van der Waals surface area (Å²) >= 11 is 1.19. The number of hydrogen-bond acceptors (Lipinski definition) is 3. The van der Waals surface area contributed by atoms with E-state index in [1.165, 1.54) is 22.4 Å². The molecule has 4 nitrogen and oxygen atoms in total. The third-order valence-electron chi connectivity index (χ3n) is 2.46. The van der Waals surface area contributed by atoms with Gasteiger partial charge in [0.2, 0.25) is 0 Å². The smallest absolute Gasteiger partial charge is 0.273 e. The second-order valence-corrected chi connectivity index (χ2v) is 4.80. The van der Waals surface area contributed by atoms with Gasteiger partial charge in [-0.05, 0) is 11.6 Å². The van der Waals surface area contributed by atoms with Gasteiger partial charge >= 0.3 is 11.9 Å². The Morgan fingerprint density at radius 1 is 1.42 bits per heavy atom. The van der Waals surface area contributed by atoms with Crippen LogP contribution in [0.2, 0.25) is 0 Å². The summed E-state index contributed by atoms with van der Waals surface area (Å²) in [7, 11) is 1.54. The van der Waals surface area contributed by atoms with E-state index < -0.39 is 11.7 Å². The molecule has 0 fully saturated rings. The number of aromatic nitrogens is 3. The Kier molecular flexibility index (Phi) is 3.70. The lowest BCUT2D eigenvalue weighted by Crippen LogP contribution is -2.12. The number of alkyl halides is 3. The molecule has 2 aromatic rings. The maximum atomic E-state index is 12.5. The van der Waals surface area contributed by atoms with Crippen molar-refractivity contribution in [3.8, 4) is 0 Å². The van der Waals surface area contributed by atoms with Crippen LogP contribution in [-0.4, -0.2) is 14.8 Å². The molecule has 1 heterocycles. The highest BCUT2D eigenvalue weighted by Crippen LogP contribution is 2.30. The normalized spacial score (nSPS) is 11.8. The number of nitrogens with zero attached hydrogens (tertiary/aromatic N) is 2. The molecule has 102 valence electrons. The predicted octanol–water partition coefficient (Wildman–Crippen LogP) is 2.42. The van der Waals surface area contributed by atoms with Gasteiger partial charge in [-0.15, -0.1) is 5.10 Å². The minimum atomic E-state index is -4.35. The third kappa shape index (κ3) is 3.19. The fourth-order valence-electron chi connectivity index (χ4n) is 1.45. The van der Waals surface area contributed by atoms with E-state index in [1.807, 2.05) is 0 Å². The molecule has 0 aliphatic carbocycles. The number of hydrogen-bond donors (Lipinski definition) is 1. The van der Waals surface area contributed by atoms with E-state index in [0.29, 0.717) is 16.5 Å². The average molecular weight is 289 g/mol. The largest absolute Gasteiger partial charge is 0.416 e. The van der Waals surface area contributed by atoms with Crippen molar-refractivity contribution < 1.29 is 13.2 Å². The summed E-state index contributed by atoms with van der Waals surface area (Å²) in [5.41, 5.74) is -0.511. The number of H-pyrrole nitrogens is 1. The van der Waals surface area contributed by atoms with Crippen molar-refractivity contribution in [1.82, 2.24) is 14.8 Å². The average Bonchev–Trinajstić information content (AvgIpc) is 2.67. The van der Waals surface area contributed by atoms with E-state index in [0.717, 1.165) is 12.1 Å². The standard InChI is InChI=1S/C11H10F3N3OS/c1-17-9(18)15-16-10(17)19-6-7-3-2-4-8(5-7)11(12,13)14/h2-5H,6H2,1H3,(H,15,18). The van der Waals surface area contributed by atoms with Crippen molar-refractivity contribution in [3.63, 3.8) is 0 Å². The molecular formula is C11H10F3N3OS. The highest BCUT2D eigenvalue weighted by atomic mass is 32.2. The van der Waals surface area contributed by atoms with Gasteiger partial charge in [0.25, 0.3) is 0 Å². The second-order valence-electron chi connectivity index (χ2n) is 3.86. The Hall–Kier alpha value is -1.70. The molecule has 19 heavy (non-hydrogen) atoms. The first-order valence-corrected chi connectivity index (χ1v) is 6.27. The quantitative estimate of drug-likeness (QED) is 0.883. The second kappa shape index (κ2) is 5.12. The molecule has 1 N–H and O–H groups in total. The Balaban J connectivity index is 2.12. The van der Waals surface area contributed by atoms with Crippen LogP contribution in [0, 0.1) is 0 Å². The molecule has 0 saturated carbocycles. The molecule has 0 aliphatic rings. The van der Waals surface area contributed by atoms with Gasteiger partial charge in [0.15, 0.2) is 5.16 Å². The van der Waals surface area contributed by atoms with Crippen LogP contribution >= 0.6 is 11.8 Å². The third-order valence-corrected chi connectivity index (χ3v) is 3.56. The highest BCUT2D eigenvalue weighted by Gasteiger charge is 2.30. The lowest BCUT2D eigenvalue weighted by molar-refractivity contribution is -0.137. The minimum Gasteiger partial charge on any atom is -0.273 e. The summed E-state index contributed by atoms with van der Waals surface area (Å²) in [6, 6.07) is 5.09. The van der Waals surface area contributed by atoms with Gasteiger partial charge in [-0.25, -0.2) is 9.89 Å². The SMILES string of the molecule is Cn1c(SCc2cccc(C(F)(F)F)c2)n[nH]c1=O. The summed E-state index contributed by atoms with van der Waals surface area (Å²) in [5.74, 6) is 0.308. The molecule has 0 aliphatic heterocycles. The topological polar surface area (TPSA) is 50.7 Å². The fraction of sp³-hybridized carbons (Fsp3) is 0.273. The van der Waals surface area contributed by atoms with Crippen LogP contribution in [-0.2, 0) is 19.0 Å². The first-order chi connectivity index (χ1) is 8.88. The molecule has 1 aromatic carbocycles. The van der Waals surface area contributed by atoms with Crippen LogP contribution in [0.5, 0.6) is 0 Å². The van der Waals surface area contributed by atoms with Crippen molar-refractivity contribution in [2.24, 2.45) is 7.05 Å². The summed E-state index contributed by atoms with van der Waals surface area (Å²) in [6.07, 6.45) is -4.35. The highest BCUT2D eigenvalue weighted by molar-refractivity contribution is 7.98. The zero-order valence-electron chi connectivity index (χ0n) is 9.86. The zero-order chi connectivity index (χ0) is 14.0. The molecular weight excluding hydrogens is 279 g/mol. The van der Waals surface area contributed by atoms with Crippen molar-refractivity contribution in [1.29, 1.82) is 0 Å². The zero-order valence-corrected chi connectivity index (χ0v) is 10.7. The number of aromatic amines is 1. The lowest BCUT2D eigenvalue weighted by Gasteiger charge is -2.08. The lowest BCUT2D eigenvalue weighted by atomic mass is 10.1. The van der Waals surface area contributed by atoms with Gasteiger partial charge < -0.3 is 0 Å². The van der Waals surface area contributed by atoms with Crippen LogP contribution in [0.1, 0.15) is 11.1 Å². The van der Waals surface area contributed by atoms with Gasteiger partial charge in [0, 0.05) is 12.8 Å². The van der Waals surface area contributed by atoms with E-state index >= 15 is 0 Å². The number of halogens is 3. The number of thioether (sulfide) groups is 1. The van der Waals surface area contributed by atoms with Crippen LogP contribution in [0.15, 0.2) is 34.2 Å². The summed E-state index contributed by atoms with van der Waals surface area (Å²) < 4.78 is 38.9. The molecule has 0 radical (unpaired) electrons. The first kappa shape index (κ1) is 13.7. The van der Waals surface area contributed by atoms with Gasteiger partial charge in [-0.1, -0.05) is 30.0 Å². The van der Waals surface area contributed by atoms with Crippen LogP contribution in [0.4, 0.5) is 13.2 Å². The fourth-order valence-corrected chi connectivity index (χ4v) is 2.31. The van der Waals surface area contributed by atoms with Crippen LogP contribution in [0.25, 0.3) is 0 Å². The van der Waals surface area contributed by atoms with Gasteiger partial charge in [0.05, 0.1) is 5.56 Å². The molecule has 8 heteroatoms. The van der Waals surface area contributed by atoms with Crippen molar-refractivity contribution >= 4 is 11.8 Å². The van der Waals surface area contributed by atoms with Gasteiger partial charge in [-0.2, -0.15) is 13.2 Å². The molecule has 0 bridgehead atoms. The predicted molar refractivity (Wildman–Crippen MR) is 64.8 cm³/mol. The van der Waals surface area contributed by atoms with E-state index in [4.69, 9.17) is 0 Å². The van der Waals surface area contributed by atoms with E-state index in [9.17, 15) is 18.0 Å². The van der Waals surface area contributed by atoms with E-state index in [1.54, 1.807) is 13.1 Å². The maximum Gasteiger partial charge on any atom is 0.416 e. The van der Waals surface area contributed by atoms with Gasteiger partial charge in [-0.3, -0.25) is 4.57 Å². The Morgan fingerprint density at radius 2 is 2.16 bits per heavy atom. The Morgan fingerprint density at radius 3 is 2.74 bits per heavy atom. The minimum absolute atomic E-state index is 0.308. The van der Waals surface area contributed by atoms with Crippen molar-refractivity contribution in [3.05, 3.63) is 45.9 Å². The number of benzene rings is 1. The first-order valence-electron chi connectivity index (χ1n) is 5.28. The number of rotatable bonds is 3. The molecule has 0 atom stereocenters. The van der Waals surface area contributed by atoms with Crippen LogP contribution in [0.3, 0.4) is 0 Å². The molecule has 0 spiro atoms. The van der Waals surface area contributed by atoms with Crippen molar-refractivity contribution in [2.45, 2.75) is 17.1 Å². The molecule has 0 unspecified atom stereocenters. The molecule has 1 aromatic heterocycles. The summed E-state index contributed by atoms with van der Waals surface area (Å²) in [5, 5.41) is 6.47. The summed E-state index contributed by atoms with van der Waals surface area (Å²) in [4.78, 5) is 11.1. The van der Waals surface area contributed by atoms with Crippen LogP contribution < -0.4 is 5.69 Å². The Bertz CT molecular complexity index is 633. The van der Waals surface area contributed by atoms with E-state index in [-0.39, 0.29) is 5.69 Å². The monoisotopic (exact) mass is 289 g/mol. The van der Waals surface area contributed by atoms with Gasteiger partial charge in [0.1, 0.15) is 0 Å².